The minimum atomic E-state index is -3.46. The Labute approximate surface area is 219 Å². The van der Waals surface area contributed by atoms with Crippen molar-refractivity contribution in [2.45, 2.75) is 57.3 Å². The van der Waals surface area contributed by atoms with E-state index in [-0.39, 0.29) is 25.3 Å². The molecule has 2 aromatic rings. The Morgan fingerprint density at radius 2 is 1.76 bits per heavy atom. The largest absolute Gasteiger partial charge is 0.488 e. The topological polar surface area (TPSA) is 106 Å². The predicted molar refractivity (Wildman–Crippen MR) is 141 cm³/mol. The van der Waals surface area contributed by atoms with Crippen molar-refractivity contribution in [2.24, 2.45) is 5.92 Å². The van der Waals surface area contributed by atoms with Gasteiger partial charge in [-0.15, -0.1) is 0 Å². The van der Waals surface area contributed by atoms with Crippen molar-refractivity contribution in [1.29, 1.82) is 0 Å². The summed E-state index contributed by atoms with van der Waals surface area (Å²) in [6, 6.07) is 8.14. The first kappa shape index (κ1) is 26.1. The predicted octanol–water partition coefficient (Wildman–Crippen LogP) is 3.17. The van der Waals surface area contributed by atoms with E-state index in [1.54, 1.807) is 6.20 Å². The zero-order chi connectivity index (χ0) is 26.0. The van der Waals surface area contributed by atoms with Gasteiger partial charge in [0.05, 0.1) is 31.9 Å². The number of nitrogens with zero attached hydrogens (tertiary/aromatic N) is 4. The van der Waals surface area contributed by atoms with Crippen LogP contribution in [0.1, 0.15) is 39.0 Å². The minimum absolute atomic E-state index is 0.0845. The van der Waals surface area contributed by atoms with E-state index in [2.05, 4.69) is 17.2 Å². The van der Waals surface area contributed by atoms with Gasteiger partial charge < -0.3 is 19.5 Å². The molecule has 37 heavy (non-hydrogen) atoms. The lowest BCUT2D eigenvalue weighted by atomic mass is 9.87. The van der Waals surface area contributed by atoms with Crippen molar-refractivity contribution < 1.29 is 22.6 Å². The van der Waals surface area contributed by atoms with E-state index in [0.29, 0.717) is 24.5 Å². The smallest absolute Gasteiger partial charge is 0.281 e. The van der Waals surface area contributed by atoms with Gasteiger partial charge in [-0.05, 0) is 49.3 Å². The number of nitrogens with one attached hydrogen (secondary N) is 1. The number of hydrogen-bond acceptors (Lipinski definition) is 8. The molecule has 1 aliphatic carbocycles. The highest BCUT2D eigenvalue weighted by Gasteiger charge is 2.39. The van der Waals surface area contributed by atoms with Gasteiger partial charge in [0.2, 0.25) is 11.8 Å². The monoisotopic (exact) mass is 531 g/mol. The van der Waals surface area contributed by atoms with E-state index in [0.717, 1.165) is 48.7 Å². The van der Waals surface area contributed by atoms with E-state index in [1.807, 2.05) is 24.3 Å². The number of benzene rings is 1. The average Bonchev–Trinajstić information content (AvgIpc) is 3.36. The Morgan fingerprint density at radius 1 is 1.03 bits per heavy atom. The van der Waals surface area contributed by atoms with E-state index < -0.39 is 10.2 Å². The maximum Gasteiger partial charge on any atom is 0.281 e. The highest BCUT2D eigenvalue weighted by Crippen LogP contribution is 2.33. The molecule has 1 atom stereocenters. The van der Waals surface area contributed by atoms with Gasteiger partial charge in [0.25, 0.3) is 10.2 Å². The SMILES string of the molecule is CN(C)S(=O)(=O)N1CC(Oc2nc(N[C@H]3CC[C@H](C)CC3)ncc2-c2ccc(O[C@H]3CCOC3)cc2)C1. The summed E-state index contributed by atoms with van der Waals surface area (Å²) in [5, 5.41) is 3.48. The molecule has 3 heterocycles. The van der Waals surface area contributed by atoms with E-state index in [4.69, 9.17) is 19.2 Å². The first-order chi connectivity index (χ1) is 17.8. The first-order valence-electron chi connectivity index (χ1n) is 13.1. The van der Waals surface area contributed by atoms with Crippen molar-refractivity contribution in [1.82, 2.24) is 18.6 Å². The third kappa shape index (κ3) is 6.17. The van der Waals surface area contributed by atoms with Gasteiger partial charge in [0.15, 0.2) is 0 Å². The zero-order valence-electron chi connectivity index (χ0n) is 21.8. The minimum Gasteiger partial charge on any atom is -0.488 e. The third-order valence-corrected chi connectivity index (χ3v) is 9.21. The molecule has 11 heteroatoms. The summed E-state index contributed by atoms with van der Waals surface area (Å²) in [6.07, 6.45) is 7.05. The summed E-state index contributed by atoms with van der Waals surface area (Å²) in [4.78, 5) is 9.34. The van der Waals surface area contributed by atoms with Crippen LogP contribution in [0.2, 0.25) is 0 Å². The second-order valence-corrected chi connectivity index (χ2v) is 12.6. The fourth-order valence-electron chi connectivity index (χ4n) is 4.87. The molecule has 1 N–H and O–H groups in total. The normalized spacial score (nSPS) is 25.1. The molecule has 202 valence electrons. The average molecular weight is 532 g/mol. The first-order valence-corrected chi connectivity index (χ1v) is 14.5. The van der Waals surface area contributed by atoms with E-state index in [1.165, 1.54) is 35.5 Å². The number of aromatic nitrogens is 2. The molecule has 0 radical (unpaired) electrons. The number of anilines is 1. The number of rotatable bonds is 9. The molecule has 1 aromatic heterocycles. The molecular weight excluding hydrogens is 494 g/mol. The summed E-state index contributed by atoms with van der Waals surface area (Å²) in [5.41, 5.74) is 1.66. The van der Waals surface area contributed by atoms with E-state index >= 15 is 0 Å². The van der Waals surface area contributed by atoms with Gasteiger partial charge in [-0.3, -0.25) is 0 Å². The highest BCUT2D eigenvalue weighted by atomic mass is 32.2. The Hall–Kier alpha value is -2.47. The van der Waals surface area contributed by atoms with Crippen molar-refractivity contribution in [3.05, 3.63) is 30.5 Å². The standard InChI is InChI=1S/C26H37N5O5S/c1-18-4-8-20(9-5-18)28-26-27-14-24(19-6-10-21(11-7-19)35-22-12-13-34-17-22)25(29-26)36-23-15-31(16-23)37(32,33)30(2)3/h6-7,10-11,14,18,20,22-23H,4-5,8-9,12-13,15-17H2,1-3H3,(H,27,28,29)/t18-,20-,22-/m0/s1. The molecule has 3 fully saturated rings. The van der Waals surface area contributed by atoms with Crippen LogP contribution in [0.15, 0.2) is 30.5 Å². The Balaban J connectivity index is 1.33. The third-order valence-electron chi connectivity index (χ3n) is 7.34. The Morgan fingerprint density at radius 3 is 2.41 bits per heavy atom. The number of hydrogen-bond donors (Lipinski definition) is 1. The molecule has 10 nitrogen and oxygen atoms in total. The molecule has 0 spiro atoms. The quantitative estimate of drug-likeness (QED) is 0.526. The van der Waals surface area contributed by atoms with Crippen LogP contribution in [0.25, 0.3) is 11.1 Å². The van der Waals surface area contributed by atoms with Gasteiger partial charge in [-0.25, -0.2) is 4.98 Å². The molecular formula is C26H37N5O5S. The summed E-state index contributed by atoms with van der Waals surface area (Å²) in [6.45, 7) is 4.20. The maximum atomic E-state index is 12.4. The fraction of sp³-hybridized carbons (Fsp3) is 0.615. The van der Waals surface area contributed by atoms with Crippen molar-refractivity contribution >= 4 is 16.2 Å². The molecule has 2 aliphatic heterocycles. The summed E-state index contributed by atoms with van der Waals surface area (Å²) in [7, 11) is -0.394. The summed E-state index contributed by atoms with van der Waals surface area (Å²) >= 11 is 0. The molecule has 0 unspecified atom stereocenters. The van der Waals surface area contributed by atoms with Crippen LogP contribution in [0.5, 0.6) is 11.6 Å². The maximum absolute atomic E-state index is 12.4. The van der Waals surface area contributed by atoms with Crippen LogP contribution in [0.3, 0.4) is 0 Å². The lowest BCUT2D eigenvalue weighted by Gasteiger charge is -2.38. The lowest BCUT2D eigenvalue weighted by molar-refractivity contribution is 0.0693. The zero-order valence-corrected chi connectivity index (χ0v) is 22.6. The Bertz CT molecular complexity index is 1160. The van der Waals surface area contributed by atoms with Crippen LogP contribution in [-0.2, 0) is 14.9 Å². The number of ether oxygens (including phenoxy) is 3. The molecule has 5 rings (SSSR count). The van der Waals surface area contributed by atoms with Gasteiger partial charge in [-0.1, -0.05) is 19.1 Å². The molecule has 0 amide bonds. The van der Waals surface area contributed by atoms with Crippen LogP contribution >= 0.6 is 0 Å². The van der Waals surface area contributed by atoms with E-state index in [9.17, 15) is 8.42 Å². The van der Waals surface area contributed by atoms with Crippen LogP contribution in [0.4, 0.5) is 5.95 Å². The Kier molecular flexibility index (Phi) is 7.85. The molecule has 0 bridgehead atoms. The molecule has 1 aromatic carbocycles. The van der Waals surface area contributed by atoms with Gasteiger partial charge >= 0.3 is 0 Å². The molecule has 2 saturated heterocycles. The second-order valence-electron chi connectivity index (χ2n) is 10.5. The van der Waals surface area contributed by atoms with Crippen molar-refractivity contribution in [3.8, 4) is 22.8 Å². The van der Waals surface area contributed by atoms with Gasteiger partial charge in [-0.2, -0.15) is 22.0 Å². The lowest BCUT2D eigenvalue weighted by Crippen LogP contribution is -2.58. The van der Waals surface area contributed by atoms with Crippen LogP contribution < -0.4 is 14.8 Å². The molecule has 3 aliphatic rings. The summed E-state index contributed by atoms with van der Waals surface area (Å²) < 4.78 is 45.1. The van der Waals surface area contributed by atoms with Crippen molar-refractivity contribution in [3.63, 3.8) is 0 Å². The summed E-state index contributed by atoms with van der Waals surface area (Å²) in [5.74, 6) is 2.53. The van der Waals surface area contributed by atoms with Crippen molar-refractivity contribution in [2.75, 3.05) is 45.7 Å². The fourth-order valence-corrected chi connectivity index (χ4v) is 6.05. The van der Waals surface area contributed by atoms with Gasteiger partial charge in [0, 0.05) is 32.8 Å². The van der Waals surface area contributed by atoms with Crippen LogP contribution in [-0.4, -0.2) is 85.6 Å². The van der Waals surface area contributed by atoms with Gasteiger partial charge in [0.1, 0.15) is 18.0 Å². The van der Waals surface area contributed by atoms with Crippen LogP contribution in [0, 0.1) is 5.92 Å². The molecule has 1 saturated carbocycles. The highest BCUT2D eigenvalue weighted by molar-refractivity contribution is 7.86. The second kappa shape index (κ2) is 11.1.